The summed E-state index contributed by atoms with van der Waals surface area (Å²) in [5.41, 5.74) is 0.173. The van der Waals surface area contributed by atoms with Crippen LogP contribution in [-0.2, 0) is 14.9 Å². The highest BCUT2D eigenvalue weighted by Crippen LogP contribution is 2.49. The van der Waals surface area contributed by atoms with Gasteiger partial charge in [0.25, 0.3) is 0 Å². The van der Waals surface area contributed by atoms with Gasteiger partial charge in [0.15, 0.2) is 5.76 Å². The van der Waals surface area contributed by atoms with Gasteiger partial charge in [-0.15, -0.1) is 11.3 Å². The second-order valence-electron chi connectivity index (χ2n) is 5.74. The molecule has 7 nitrogen and oxygen atoms in total. The molecule has 1 fully saturated rings. The molecule has 0 radical (unpaired) electrons. The van der Waals surface area contributed by atoms with Gasteiger partial charge >= 0.3 is 5.97 Å². The molecule has 0 saturated heterocycles. The maximum absolute atomic E-state index is 12.8. The normalized spacial score (nSPS) is 14.9. The quantitative estimate of drug-likeness (QED) is 0.702. The lowest BCUT2D eigenvalue weighted by molar-refractivity contribution is -0.118. The number of methoxy groups -OCH3 is 1. The van der Waals surface area contributed by atoms with E-state index >= 15 is 0 Å². The van der Waals surface area contributed by atoms with E-state index in [2.05, 4.69) is 10.5 Å². The predicted molar refractivity (Wildman–Crippen MR) is 89.4 cm³/mol. The van der Waals surface area contributed by atoms with Crippen LogP contribution >= 0.6 is 11.3 Å². The number of ether oxygens (including phenoxy) is 1. The summed E-state index contributed by atoms with van der Waals surface area (Å²) in [5, 5.41) is 9.07. The lowest BCUT2D eigenvalue weighted by atomic mass is 10.0. The molecule has 25 heavy (non-hydrogen) atoms. The van der Waals surface area contributed by atoms with Crippen LogP contribution in [0.4, 0.5) is 5.00 Å². The molecular formula is C17H14N2O5S. The van der Waals surface area contributed by atoms with E-state index in [1.807, 2.05) is 0 Å². The highest BCUT2D eigenvalue weighted by Gasteiger charge is 2.54. The number of rotatable bonds is 5. The summed E-state index contributed by atoms with van der Waals surface area (Å²) in [6, 6.07) is 6.86. The van der Waals surface area contributed by atoms with E-state index in [4.69, 9.17) is 13.7 Å². The van der Waals surface area contributed by atoms with E-state index in [-0.39, 0.29) is 5.91 Å². The molecule has 3 aromatic heterocycles. The Bertz CT molecular complexity index is 921. The van der Waals surface area contributed by atoms with Gasteiger partial charge in [-0.3, -0.25) is 4.79 Å². The van der Waals surface area contributed by atoms with E-state index in [1.165, 1.54) is 18.4 Å². The average molecular weight is 358 g/mol. The van der Waals surface area contributed by atoms with Crippen LogP contribution in [-0.4, -0.2) is 24.1 Å². The number of esters is 1. The SMILES string of the molecule is COC(=O)c1ccsc1NC(=O)C1(c2cc(-c3ccco3)on2)CC1. The number of anilines is 1. The van der Waals surface area contributed by atoms with Crippen molar-refractivity contribution in [3.8, 4) is 11.5 Å². The highest BCUT2D eigenvalue weighted by atomic mass is 32.1. The molecular weight excluding hydrogens is 344 g/mol. The monoisotopic (exact) mass is 358 g/mol. The fourth-order valence-corrected chi connectivity index (χ4v) is 3.43. The minimum atomic E-state index is -0.730. The Labute approximate surface area is 146 Å². The Hall–Kier alpha value is -2.87. The number of thiophene rings is 1. The Kier molecular flexibility index (Phi) is 3.69. The third-order valence-electron chi connectivity index (χ3n) is 4.25. The summed E-state index contributed by atoms with van der Waals surface area (Å²) >= 11 is 1.27. The van der Waals surface area contributed by atoms with Gasteiger partial charge in [0.1, 0.15) is 5.00 Å². The zero-order valence-corrected chi connectivity index (χ0v) is 14.1. The van der Waals surface area contributed by atoms with Crippen LogP contribution in [0, 0.1) is 0 Å². The number of amides is 1. The number of carbonyl (C=O) groups excluding carboxylic acids is 2. The summed E-state index contributed by atoms with van der Waals surface area (Å²) in [5.74, 6) is 0.342. The van der Waals surface area contributed by atoms with Gasteiger partial charge in [0.2, 0.25) is 11.7 Å². The van der Waals surface area contributed by atoms with Crippen LogP contribution < -0.4 is 5.32 Å². The van der Waals surface area contributed by atoms with Crippen LogP contribution in [0.25, 0.3) is 11.5 Å². The topological polar surface area (TPSA) is 94.6 Å². The van der Waals surface area contributed by atoms with Crippen molar-refractivity contribution in [2.45, 2.75) is 18.3 Å². The second-order valence-corrected chi connectivity index (χ2v) is 6.66. The Morgan fingerprint density at radius 3 is 2.84 bits per heavy atom. The van der Waals surface area contributed by atoms with E-state index in [1.54, 1.807) is 35.9 Å². The molecule has 3 heterocycles. The zero-order valence-electron chi connectivity index (χ0n) is 13.3. The minimum Gasteiger partial charge on any atom is -0.465 e. The smallest absolute Gasteiger partial charge is 0.340 e. The largest absolute Gasteiger partial charge is 0.465 e. The molecule has 0 atom stereocenters. The molecule has 3 aromatic rings. The van der Waals surface area contributed by atoms with Crippen LogP contribution in [0.2, 0.25) is 0 Å². The first-order valence-electron chi connectivity index (χ1n) is 7.62. The number of nitrogens with zero attached hydrogens (tertiary/aromatic N) is 1. The molecule has 0 unspecified atom stereocenters. The van der Waals surface area contributed by atoms with E-state index < -0.39 is 11.4 Å². The summed E-state index contributed by atoms with van der Waals surface area (Å²) in [6.07, 6.45) is 2.88. The first kappa shape index (κ1) is 15.6. The number of hydrogen-bond acceptors (Lipinski definition) is 7. The van der Waals surface area contributed by atoms with Gasteiger partial charge in [0.05, 0.1) is 30.0 Å². The van der Waals surface area contributed by atoms with Crippen molar-refractivity contribution in [2.75, 3.05) is 12.4 Å². The molecule has 0 aliphatic heterocycles. The summed E-state index contributed by atoms with van der Waals surface area (Å²) in [4.78, 5) is 24.5. The zero-order chi connectivity index (χ0) is 17.4. The van der Waals surface area contributed by atoms with Gasteiger partial charge in [-0.25, -0.2) is 4.79 Å². The Morgan fingerprint density at radius 1 is 1.32 bits per heavy atom. The second kappa shape index (κ2) is 5.89. The fraction of sp³-hybridized carbons (Fsp3) is 0.235. The molecule has 1 N–H and O–H groups in total. The summed E-state index contributed by atoms with van der Waals surface area (Å²) in [6.45, 7) is 0. The fourth-order valence-electron chi connectivity index (χ4n) is 2.66. The van der Waals surface area contributed by atoms with Crippen LogP contribution in [0.5, 0.6) is 0 Å². The molecule has 8 heteroatoms. The number of furan rings is 1. The van der Waals surface area contributed by atoms with Gasteiger partial charge in [-0.05, 0) is 36.4 Å². The summed E-state index contributed by atoms with van der Waals surface area (Å²) in [7, 11) is 1.31. The lowest BCUT2D eigenvalue weighted by Crippen LogP contribution is -2.28. The van der Waals surface area contributed by atoms with E-state index in [0.29, 0.717) is 40.6 Å². The number of nitrogens with one attached hydrogen (secondary N) is 1. The van der Waals surface area contributed by atoms with Crippen molar-refractivity contribution >= 4 is 28.2 Å². The molecule has 4 rings (SSSR count). The third-order valence-corrected chi connectivity index (χ3v) is 5.08. The van der Waals surface area contributed by atoms with Crippen molar-refractivity contribution in [2.24, 2.45) is 0 Å². The molecule has 0 bridgehead atoms. The molecule has 1 aliphatic rings. The maximum atomic E-state index is 12.8. The van der Waals surface area contributed by atoms with Crippen LogP contribution in [0.3, 0.4) is 0 Å². The van der Waals surface area contributed by atoms with Crippen LogP contribution in [0.15, 0.2) is 44.8 Å². The number of carbonyl (C=O) groups is 2. The number of aromatic nitrogens is 1. The van der Waals surface area contributed by atoms with Gasteiger partial charge in [0, 0.05) is 6.07 Å². The first-order valence-corrected chi connectivity index (χ1v) is 8.50. The standard InChI is InChI=1S/C17H14N2O5S/c1-22-15(20)10-4-8-25-14(10)18-16(21)17(5-6-17)13-9-12(24-19-13)11-3-2-7-23-11/h2-4,7-9H,5-6H2,1H3,(H,18,21). The first-order chi connectivity index (χ1) is 12.1. The number of hydrogen-bond donors (Lipinski definition) is 1. The van der Waals surface area contributed by atoms with E-state index in [9.17, 15) is 9.59 Å². The van der Waals surface area contributed by atoms with Crippen molar-refractivity contribution in [1.82, 2.24) is 5.16 Å². The molecule has 128 valence electrons. The van der Waals surface area contributed by atoms with Crippen LogP contribution in [0.1, 0.15) is 28.9 Å². The predicted octanol–water partition coefficient (Wildman–Crippen LogP) is 3.45. The average Bonchev–Trinajstić information content (AvgIpc) is 3.08. The lowest BCUT2D eigenvalue weighted by Gasteiger charge is -2.12. The van der Waals surface area contributed by atoms with Crippen molar-refractivity contribution in [3.05, 3.63) is 47.2 Å². The minimum absolute atomic E-state index is 0.209. The molecule has 0 aromatic carbocycles. The Morgan fingerprint density at radius 2 is 2.16 bits per heavy atom. The van der Waals surface area contributed by atoms with Gasteiger partial charge in [-0.2, -0.15) is 0 Å². The van der Waals surface area contributed by atoms with E-state index in [0.717, 1.165) is 0 Å². The summed E-state index contributed by atoms with van der Waals surface area (Å²) < 4.78 is 15.3. The van der Waals surface area contributed by atoms with Gasteiger partial charge in [-0.1, -0.05) is 5.16 Å². The van der Waals surface area contributed by atoms with Crippen molar-refractivity contribution in [3.63, 3.8) is 0 Å². The molecule has 0 spiro atoms. The van der Waals surface area contributed by atoms with Crippen molar-refractivity contribution in [1.29, 1.82) is 0 Å². The molecule has 1 aliphatic carbocycles. The van der Waals surface area contributed by atoms with Crippen molar-refractivity contribution < 1.29 is 23.3 Å². The maximum Gasteiger partial charge on any atom is 0.340 e. The van der Waals surface area contributed by atoms with Gasteiger partial charge < -0.3 is 19.0 Å². The molecule has 1 amide bonds. The Balaban J connectivity index is 1.56. The highest BCUT2D eigenvalue weighted by molar-refractivity contribution is 7.14. The third kappa shape index (κ3) is 2.64. The molecule has 1 saturated carbocycles.